The number of benzene rings is 2. The number of ether oxygens (including phenoxy) is 1. The Morgan fingerprint density at radius 3 is 2.50 bits per heavy atom. The molecule has 20 heavy (non-hydrogen) atoms. The molecule has 1 heterocycles. The first-order valence-corrected chi connectivity index (χ1v) is 6.12. The largest absolute Gasteiger partial charge is 0.491 e. The molecule has 0 amide bonds. The van der Waals surface area contributed by atoms with Crippen LogP contribution in [0.3, 0.4) is 0 Å². The fraction of sp³-hybridized carbons (Fsp3) is 0.133. The number of furan rings is 1. The van der Waals surface area contributed by atoms with Gasteiger partial charge in [0.15, 0.2) is 0 Å². The highest BCUT2D eigenvalue weighted by Gasteiger charge is 2.11. The summed E-state index contributed by atoms with van der Waals surface area (Å²) in [5, 5.41) is 19.3. The van der Waals surface area contributed by atoms with E-state index in [2.05, 4.69) is 0 Å². The highest BCUT2D eigenvalue weighted by molar-refractivity contribution is 6.07. The molecule has 0 saturated carbocycles. The number of fused-ring (bicyclic) bond motifs is 3. The van der Waals surface area contributed by atoms with Gasteiger partial charge in [-0.05, 0) is 36.4 Å². The van der Waals surface area contributed by atoms with Gasteiger partial charge in [0.2, 0.25) is 0 Å². The fourth-order valence-corrected chi connectivity index (χ4v) is 2.14. The van der Waals surface area contributed by atoms with Gasteiger partial charge in [0, 0.05) is 10.8 Å². The van der Waals surface area contributed by atoms with Crippen molar-refractivity contribution in [2.75, 3.05) is 13.2 Å². The van der Waals surface area contributed by atoms with E-state index in [4.69, 9.17) is 19.4 Å². The minimum atomic E-state index is -0.978. The molecule has 0 spiro atoms. The van der Waals surface area contributed by atoms with E-state index in [1.54, 1.807) is 30.3 Å². The molecule has 3 aromatic rings. The zero-order valence-corrected chi connectivity index (χ0v) is 10.5. The number of hydrogen-bond donors (Lipinski definition) is 2. The van der Waals surface area contributed by atoms with Gasteiger partial charge in [-0.3, -0.25) is 0 Å². The van der Waals surface area contributed by atoms with E-state index in [0.29, 0.717) is 16.9 Å². The van der Waals surface area contributed by atoms with Gasteiger partial charge in [-0.1, -0.05) is 0 Å². The Morgan fingerprint density at radius 1 is 1.10 bits per heavy atom. The number of carbonyl (C=O) groups is 1. The van der Waals surface area contributed by atoms with Crippen LogP contribution in [-0.4, -0.2) is 29.4 Å². The van der Waals surface area contributed by atoms with Crippen LogP contribution in [0.15, 0.2) is 40.8 Å². The number of aromatic carboxylic acids is 1. The lowest BCUT2D eigenvalue weighted by Gasteiger charge is -2.03. The maximum Gasteiger partial charge on any atom is 0.335 e. The predicted molar refractivity (Wildman–Crippen MR) is 73.3 cm³/mol. The summed E-state index contributed by atoms with van der Waals surface area (Å²) in [5.74, 6) is -0.371. The van der Waals surface area contributed by atoms with Crippen molar-refractivity contribution >= 4 is 27.9 Å². The highest BCUT2D eigenvalue weighted by atomic mass is 16.5. The summed E-state index contributed by atoms with van der Waals surface area (Å²) in [6.07, 6.45) is 0. The molecule has 0 bridgehead atoms. The molecule has 0 radical (unpaired) electrons. The van der Waals surface area contributed by atoms with Crippen molar-refractivity contribution in [1.29, 1.82) is 0 Å². The van der Waals surface area contributed by atoms with Crippen LogP contribution in [0.4, 0.5) is 0 Å². The second-order valence-corrected chi connectivity index (χ2v) is 4.35. The number of hydrogen-bond acceptors (Lipinski definition) is 4. The lowest BCUT2D eigenvalue weighted by molar-refractivity contribution is 0.0697. The summed E-state index contributed by atoms with van der Waals surface area (Å²) in [7, 11) is 0. The topological polar surface area (TPSA) is 79.9 Å². The van der Waals surface area contributed by atoms with Crippen LogP contribution >= 0.6 is 0 Å². The van der Waals surface area contributed by atoms with E-state index < -0.39 is 5.97 Å². The molecule has 0 aliphatic rings. The lowest BCUT2D eigenvalue weighted by Crippen LogP contribution is -2.01. The quantitative estimate of drug-likeness (QED) is 0.763. The molecule has 0 atom stereocenters. The number of aliphatic hydroxyl groups excluding tert-OH is 1. The Bertz CT molecular complexity index is 787. The molecule has 0 saturated heterocycles. The third-order valence-corrected chi connectivity index (χ3v) is 3.05. The van der Waals surface area contributed by atoms with Crippen molar-refractivity contribution < 1.29 is 24.2 Å². The van der Waals surface area contributed by atoms with Crippen LogP contribution in [0.5, 0.6) is 5.75 Å². The molecule has 0 fully saturated rings. The van der Waals surface area contributed by atoms with Crippen molar-refractivity contribution in [2.45, 2.75) is 0 Å². The lowest BCUT2D eigenvalue weighted by atomic mass is 10.1. The zero-order valence-electron chi connectivity index (χ0n) is 10.5. The summed E-state index contributed by atoms with van der Waals surface area (Å²) in [6, 6.07) is 10.0. The summed E-state index contributed by atoms with van der Waals surface area (Å²) < 4.78 is 11.0. The van der Waals surface area contributed by atoms with E-state index in [-0.39, 0.29) is 18.8 Å². The molecule has 0 aliphatic carbocycles. The van der Waals surface area contributed by atoms with Gasteiger partial charge in [-0.25, -0.2) is 4.79 Å². The Hall–Kier alpha value is -2.53. The van der Waals surface area contributed by atoms with Gasteiger partial charge in [0.25, 0.3) is 0 Å². The Morgan fingerprint density at radius 2 is 1.80 bits per heavy atom. The monoisotopic (exact) mass is 272 g/mol. The van der Waals surface area contributed by atoms with E-state index in [1.807, 2.05) is 0 Å². The normalized spacial score (nSPS) is 11.1. The van der Waals surface area contributed by atoms with Gasteiger partial charge in [0.1, 0.15) is 23.5 Å². The number of rotatable bonds is 4. The molecule has 2 N–H and O–H groups in total. The second-order valence-electron chi connectivity index (χ2n) is 4.35. The summed E-state index contributed by atoms with van der Waals surface area (Å²) >= 11 is 0. The third-order valence-electron chi connectivity index (χ3n) is 3.05. The standard InChI is InChI=1S/C15H12O5/c16-5-6-19-10-2-4-14-12(8-10)11-7-9(15(17)18)1-3-13(11)20-14/h1-4,7-8,16H,5-6H2,(H,17,18). The first-order valence-electron chi connectivity index (χ1n) is 6.12. The first-order chi connectivity index (χ1) is 9.69. The smallest absolute Gasteiger partial charge is 0.335 e. The Balaban J connectivity index is 2.17. The van der Waals surface area contributed by atoms with E-state index in [9.17, 15) is 4.79 Å². The van der Waals surface area contributed by atoms with Crippen LogP contribution in [0.2, 0.25) is 0 Å². The van der Waals surface area contributed by atoms with Crippen molar-refractivity contribution in [3.05, 3.63) is 42.0 Å². The first kappa shape index (κ1) is 12.5. The zero-order chi connectivity index (χ0) is 14.1. The van der Waals surface area contributed by atoms with Crippen LogP contribution in [0.25, 0.3) is 21.9 Å². The summed E-state index contributed by atoms with van der Waals surface area (Å²) in [6.45, 7) is 0.148. The molecule has 0 aliphatic heterocycles. The minimum Gasteiger partial charge on any atom is -0.491 e. The Kier molecular flexibility index (Phi) is 3.04. The minimum absolute atomic E-state index is 0.0622. The molecule has 1 aromatic heterocycles. The van der Waals surface area contributed by atoms with Gasteiger partial charge in [-0.15, -0.1) is 0 Å². The van der Waals surface area contributed by atoms with Crippen LogP contribution in [0, 0.1) is 0 Å². The molecule has 5 heteroatoms. The van der Waals surface area contributed by atoms with E-state index >= 15 is 0 Å². The van der Waals surface area contributed by atoms with Gasteiger partial charge in [0.05, 0.1) is 12.2 Å². The Labute approximate surface area is 114 Å². The van der Waals surface area contributed by atoms with Crippen molar-refractivity contribution in [2.24, 2.45) is 0 Å². The van der Waals surface area contributed by atoms with Crippen LogP contribution in [-0.2, 0) is 0 Å². The van der Waals surface area contributed by atoms with E-state index in [0.717, 1.165) is 10.8 Å². The molecule has 0 unspecified atom stereocenters. The van der Waals surface area contributed by atoms with Gasteiger partial charge >= 0.3 is 5.97 Å². The average molecular weight is 272 g/mol. The summed E-state index contributed by atoms with van der Waals surface area (Å²) in [5.41, 5.74) is 1.50. The van der Waals surface area contributed by atoms with Crippen molar-refractivity contribution in [3.63, 3.8) is 0 Å². The second kappa shape index (κ2) is 4.86. The van der Waals surface area contributed by atoms with Crippen LogP contribution < -0.4 is 4.74 Å². The van der Waals surface area contributed by atoms with Crippen molar-refractivity contribution in [1.82, 2.24) is 0 Å². The average Bonchev–Trinajstić information content (AvgIpc) is 2.82. The third kappa shape index (κ3) is 2.08. The molecule has 3 rings (SSSR count). The highest BCUT2D eigenvalue weighted by Crippen LogP contribution is 2.32. The summed E-state index contributed by atoms with van der Waals surface area (Å²) in [4.78, 5) is 11.0. The van der Waals surface area contributed by atoms with Crippen molar-refractivity contribution in [3.8, 4) is 5.75 Å². The van der Waals surface area contributed by atoms with E-state index in [1.165, 1.54) is 6.07 Å². The predicted octanol–water partition coefficient (Wildman–Crippen LogP) is 2.66. The fourth-order valence-electron chi connectivity index (χ4n) is 2.14. The number of carboxylic acid groups (broad SMARTS) is 1. The molecular formula is C15H12O5. The SMILES string of the molecule is O=C(O)c1ccc2oc3ccc(OCCO)cc3c2c1. The van der Waals surface area contributed by atoms with Crippen LogP contribution in [0.1, 0.15) is 10.4 Å². The van der Waals surface area contributed by atoms with Gasteiger partial charge < -0.3 is 19.4 Å². The molecule has 5 nitrogen and oxygen atoms in total. The maximum absolute atomic E-state index is 11.0. The van der Waals surface area contributed by atoms with Gasteiger partial charge in [-0.2, -0.15) is 0 Å². The maximum atomic E-state index is 11.0. The molecular weight excluding hydrogens is 260 g/mol. The number of carboxylic acids is 1. The molecule has 2 aromatic carbocycles. The number of aliphatic hydroxyl groups is 1. The molecule has 102 valence electrons.